The van der Waals surface area contributed by atoms with E-state index in [2.05, 4.69) is 15.4 Å². The second-order valence-corrected chi connectivity index (χ2v) is 4.00. The van der Waals surface area contributed by atoms with Crippen molar-refractivity contribution >= 4 is 24.0 Å². The summed E-state index contributed by atoms with van der Waals surface area (Å²) < 4.78 is 33.9. The minimum Gasteiger partial charge on any atom is -0.497 e. The van der Waals surface area contributed by atoms with Crippen molar-refractivity contribution < 1.29 is 23.0 Å². The normalized spacial score (nSPS) is 9.95. The molecule has 1 aromatic carbocycles. The molecule has 0 bridgehead atoms. The number of carbonyl (C=O) groups excluding carboxylic acids is 1. The van der Waals surface area contributed by atoms with Crippen molar-refractivity contribution in [2.24, 2.45) is 0 Å². The molecule has 0 fully saturated rings. The largest absolute Gasteiger partial charge is 0.497 e. The quantitative estimate of drug-likeness (QED) is 0.722. The molecule has 21 heavy (non-hydrogen) atoms. The Bertz CT molecular complexity index is 447. The summed E-state index contributed by atoms with van der Waals surface area (Å²) in [6.45, 7) is -2.25. The fourth-order valence-corrected chi connectivity index (χ4v) is 1.57. The standard InChI is InChI=1S/C13H18F2N2O3.ClH/c1-16-7-3-4-12(18)17-10-8-9(19-2)5-6-11(10)20-13(14)15;/h5-6,8,13,16H,3-4,7H2,1-2H3,(H,17,18);1H. The highest BCUT2D eigenvalue weighted by Gasteiger charge is 2.13. The van der Waals surface area contributed by atoms with Crippen LogP contribution in [0.3, 0.4) is 0 Å². The Morgan fingerprint density at radius 1 is 1.38 bits per heavy atom. The molecule has 0 spiro atoms. The minimum atomic E-state index is -2.96. The number of carbonyl (C=O) groups is 1. The number of halogens is 3. The topological polar surface area (TPSA) is 59.6 Å². The summed E-state index contributed by atoms with van der Waals surface area (Å²) >= 11 is 0. The van der Waals surface area contributed by atoms with E-state index in [4.69, 9.17) is 4.74 Å². The molecule has 0 atom stereocenters. The minimum absolute atomic E-state index is 0. The van der Waals surface area contributed by atoms with Crippen LogP contribution in [0.5, 0.6) is 11.5 Å². The molecule has 0 radical (unpaired) electrons. The van der Waals surface area contributed by atoms with Gasteiger partial charge in [0.25, 0.3) is 0 Å². The summed E-state index contributed by atoms with van der Waals surface area (Å²) in [5.41, 5.74) is 0.166. The van der Waals surface area contributed by atoms with E-state index in [0.29, 0.717) is 18.7 Å². The SMILES string of the molecule is CNCCCC(=O)Nc1cc(OC)ccc1OC(F)F.Cl. The van der Waals surface area contributed by atoms with Gasteiger partial charge < -0.3 is 20.1 Å². The highest BCUT2D eigenvalue weighted by atomic mass is 35.5. The van der Waals surface area contributed by atoms with E-state index in [9.17, 15) is 13.6 Å². The Morgan fingerprint density at radius 2 is 2.10 bits per heavy atom. The van der Waals surface area contributed by atoms with Gasteiger partial charge in [-0.15, -0.1) is 12.4 Å². The van der Waals surface area contributed by atoms with Gasteiger partial charge in [0.15, 0.2) is 0 Å². The van der Waals surface area contributed by atoms with Crippen LogP contribution in [0.1, 0.15) is 12.8 Å². The van der Waals surface area contributed by atoms with E-state index >= 15 is 0 Å². The third kappa shape index (κ3) is 7.10. The number of methoxy groups -OCH3 is 1. The van der Waals surface area contributed by atoms with Crippen molar-refractivity contribution in [3.8, 4) is 11.5 Å². The maximum atomic E-state index is 12.3. The van der Waals surface area contributed by atoms with Crippen molar-refractivity contribution in [3.63, 3.8) is 0 Å². The fraction of sp³-hybridized carbons (Fsp3) is 0.462. The number of hydrogen-bond donors (Lipinski definition) is 2. The molecule has 1 aromatic rings. The van der Waals surface area contributed by atoms with Crippen LogP contribution in [-0.4, -0.2) is 33.2 Å². The Hall–Kier alpha value is -1.60. The average Bonchev–Trinajstić information content (AvgIpc) is 2.40. The number of alkyl halides is 2. The summed E-state index contributed by atoms with van der Waals surface area (Å²) in [4.78, 5) is 11.7. The molecule has 0 aliphatic carbocycles. The number of anilines is 1. The van der Waals surface area contributed by atoms with Gasteiger partial charge >= 0.3 is 6.61 Å². The van der Waals surface area contributed by atoms with E-state index < -0.39 is 6.61 Å². The zero-order chi connectivity index (χ0) is 15.0. The number of rotatable bonds is 8. The van der Waals surface area contributed by atoms with Crippen molar-refractivity contribution in [2.45, 2.75) is 19.5 Å². The van der Waals surface area contributed by atoms with E-state index in [1.54, 1.807) is 7.05 Å². The first-order valence-electron chi connectivity index (χ1n) is 6.14. The third-order valence-corrected chi connectivity index (χ3v) is 2.51. The lowest BCUT2D eigenvalue weighted by Gasteiger charge is -2.13. The highest BCUT2D eigenvalue weighted by molar-refractivity contribution is 5.92. The van der Waals surface area contributed by atoms with E-state index in [1.807, 2.05) is 0 Å². The number of amides is 1. The number of benzene rings is 1. The smallest absolute Gasteiger partial charge is 0.387 e. The Labute approximate surface area is 128 Å². The van der Waals surface area contributed by atoms with Gasteiger partial charge in [0, 0.05) is 12.5 Å². The second kappa shape index (κ2) is 10.2. The molecule has 1 amide bonds. The van der Waals surface area contributed by atoms with Crippen LogP contribution in [0, 0.1) is 0 Å². The second-order valence-electron chi connectivity index (χ2n) is 4.00. The van der Waals surface area contributed by atoms with Crippen LogP contribution in [-0.2, 0) is 4.79 Å². The molecule has 0 saturated heterocycles. The lowest BCUT2D eigenvalue weighted by atomic mass is 10.2. The highest BCUT2D eigenvalue weighted by Crippen LogP contribution is 2.30. The zero-order valence-electron chi connectivity index (χ0n) is 11.8. The Kier molecular flexibility index (Phi) is 9.40. The molecular formula is C13H19ClF2N2O3. The lowest BCUT2D eigenvalue weighted by molar-refractivity contribution is -0.116. The molecular weight excluding hydrogens is 306 g/mol. The predicted octanol–water partition coefficient (Wildman–Crippen LogP) is 2.66. The zero-order valence-corrected chi connectivity index (χ0v) is 12.6. The lowest BCUT2D eigenvalue weighted by Crippen LogP contribution is -2.16. The van der Waals surface area contributed by atoms with E-state index in [-0.39, 0.29) is 36.2 Å². The van der Waals surface area contributed by atoms with Crippen molar-refractivity contribution in [3.05, 3.63) is 18.2 Å². The molecule has 0 unspecified atom stereocenters. The van der Waals surface area contributed by atoms with Gasteiger partial charge in [-0.25, -0.2) is 0 Å². The Morgan fingerprint density at radius 3 is 2.67 bits per heavy atom. The van der Waals surface area contributed by atoms with Crippen molar-refractivity contribution in [2.75, 3.05) is 26.0 Å². The van der Waals surface area contributed by atoms with Crippen LogP contribution in [0.25, 0.3) is 0 Å². The first-order valence-corrected chi connectivity index (χ1v) is 6.14. The van der Waals surface area contributed by atoms with Gasteiger partial charge in [-0.05, 0) is 32.1 Å². The predicted molar refractivity (Wildman–Crippen MR) is 78.7 cm³/mol. The van der Waals surface area contributed by atoms with E-state index in [0.717, 1.165) is 0 Å². The first kappa shape index (κ1) is 19.4. The number of ether oxygens (including phenoxy) is 2. The third-order valence-electron chi connectivity index (χ3n) is 2.51. The maximum absolute atomic E-state index is 12.3. The van der Waals surface area contributed by atoms with Crippen molar-refractivity contribution in [1.82, 2.24) is 5.32 Å². The summed E-state index contributed by atoms with van der Waals surface area (Å²) in [6, 6.07) is 4.25. The number of nitrogens with one attached hydrogen (secondary N) is 2. The van der Waals surface area contributed by atoms with Crippen LogP contribution in [0.15, 0.2) is 18.2 Å². The summed E-state index contributed by atoms with van der Waals surface area (Å²) in [7, 11) is 3.23. The molecule has 0 aromatic heterocycles. The average molecular weight is 325 g/mol. The monoisotopic (exact) mass is 324 g/mol. The summed E-state index contributed by atoms with van der Waals surface area (Å²) in [5.74, 6) is 0.0764. The molecule has 8 heteroatoms. The molecule has 0 heterocycles. The van der Waals surface area contributed by atoms with Gasteiger partial charge in [0.2, 0.25) is 5.91 Å². The van der Waals surface area contributed by atoms with E-state index in [1.165, 1.54) is 25.3 Å². The molecule has 1 rings (SSSR count). The van der Waals surface area contributed by atoms with Gasteiger partial charge in [-0.2, -0.15) is 8.78 Å². The molecule has 120 valence electrons. The fourth-order valence-electron chi connectivity index (χ4n) is 1.57. The number of hydrogen-bond acceptors (Lipinski definition) is 4. The van der Waals surface area contributed by atoms with Gasteiger partial charge in [0.1, 0.15) is 11.5 Å². The van der Waals surface area contributed by atoms with Gasteiger partial charge in [-0.1, -0.05) is 0 Å². The van der Waals surface area contributed by atoms with Crippen LogP contribution >= 0.6 is 12.4 Å². The Balaban J connectivity index is 0.00000400. The first-order chi connectivity index (χ1) is 9.56. The molecule has 0 aliphatic heterocycles. The molecule has 2 N–H and O–H groups in total. The molecule has 0 saturated carbocycles. The van der Waals surface area contributed by atoms with Crippen LogP contribution in [0.4, 0.5) is 14.5 Å². The summed E-state index contributed by atoms with van der Waals surface area (Å²) in [5, 5.41) is 5.46. The maximum Gasteiger partial charge on any atom is 0.387 e. The molecule has 0 aliphatic rings. The van der Waals surface area contributed by atoms with Crippen molar-refractivity contribution in [1.29, 1.82) is 0 Å². The van der Waals surface area contributed by atoms with Gasteiger partial charge in [0.05, 0.1) is 12.8 Å². The van der Waals surface area contributed by atoms with Gasteiger partial charge in [-0.3, -0.25) is 4.79 Å². The van der Waals surface area contributed by atoms with Crippen LogP contribution < -0.4 is 20.1 Å². The molecule has 5 nitrogen and oxygen atoms in total. The summed E-state index contributed by atoms with van der Waals surface area (Å²) in [6.07, 6.45) is 0.934. The van der Waals surface area contributed by atoms with Crippen LogP contribution in [0.2, 0.25) is 0 Å².